The minimum absolute atomic E-state index is 0.316. The largest absolute Gasteiger partial charge is 0.480 e. The Bertz CT molecular complexity index is 415. The summed E-state index contributed by atoms with van der Waals surface area (Å²) in [6.45, 7) is 2.48. The van der Waals surface area contributed by atoms with Gasteiger partial charge in [0.05, 0.1) is 5.56 Å². The molecule has 0 heterocycles. The molecule has 3 nitrogen and oxygen atoms in total. The molecular formula is C13H16F3NO2. The summed E-state index contributed by atoms with van der Waals surface area (Å²) < 4.78 is 37.2. The van der Waals surface area contributed by atoms with Crippen LogP contribution in [0, 0.1) is 0 Å². The van der Waals surface area contributed by atoms with Crippen LogP contribution < -0.4 is 5.32 Å². The molecule has 1 unspecified atom stereocenters. The van der Waals surface area contributed by atoms with Gasteiger partial charge in [-0.05, 0) is 30.7 Å². The van der Waals surface area contributed by atoms with Crippen LogP contribution in [0.15, 0.2) is 24.3 Å². The second-order valence-corrected chi connectivity index (χ2v) is 4.20. The fourth-order valence-corrected chi connectivity index (χ4v) is 1.64. The maximum atomic E-state index is 12.4. The summed E-state index contributed by atoms with van der Waals surface area (Å²) in [5, 5.41) is 11.9. The number of rotatable bonds is 6. The molecule has 106 valence electrons. The molecule has 19 heavy (non-hydrogen) atoms. The average Bonchev–Trinajstić information content (AvgIpc) is 2.33. The molecule has 0 spiro atoms. The second kappa shape index (κ2) is 6.56. The molecule has 6 heteroatoms. The number of carboxylic acids is 1. The van der Waals surface area contributed by atoms with Crippen LogP contribution in [-0.2, 0) is 11.0 Å². The summed E-state index contributed by atoms with van der Waals surface area (Å²) in [7, 11) is 0. The summed E-state index contributed by atoms with van der Waals surface area (Å²) in [5.74, 6) is -1.10. The molecule has 1 atom stereocenters. The molecule has 0 saturated carbocycles. The van der Waals surface area contributed by atoms with Gasteiger partial charge in [-0.15, -0.1) is 0 Å². The first-order valence-electron chi connectivity index (χ1n) is 5.99. The number of unbranched alkanes of at least 4 members (excludes halogenated alkanes) is 1. The molecular weight excluding hydrogens is 259 g/mol. The van der Waals surface area contributed by atoms with Crippen molar-refractivity contribution < 1.29 is 23.1 Å². The van der Waals surface area contributed by atoms with E-state index in [4.69, 9.17) is 5.11 Å². The number of halogens is 3. The van der Waals surface area contributed by atoms with Gasteiger partial charge in [-0.2, -0.15) is 13.2 Å². The first-order valence-corrected chi connectivity index (χ1v) is 5.99. The van der Waals surface area contributed by atoms with Crippen molar-refractivity contribution in [3.05, 3.63) is 35.4 Å². The molecule has 1 aromatic carbocycles. The van der Waals surface area contributed by atoms with Crippen molar-refractivity contribution in [1.29, 1.82) is 0 Å². The summed E-state index contributed by atoms with van der Waals surface area (Å²) in [6.07, 6.45) is -2.69. The van der Waals surface area contributed by atoms with Crippen LogP contribution in [0.2, 0.25) is 0 Å². The normalized spacial score (nSPS) is 13.3. The van der Waals surface area contributed by atoms with Crippen molar-refractivity contribution in [3.8, 4) is 0 Å². The topological polar surface area (TPSA) is 49.3 Å². The summed E-state index contributed by atoms with van der Waals surface area (Å²) in [6, 6.07) is 3.20. The van der Waals surface area contributed by atoms with Gasteiger partial charge in [-0.3, -0.25) is 4.79 Å². The molecule has 0 saturated heterocycles. The first kappa shape index (κ1) is 15.5. The van der Waals surface area contributed by atoms with Gasteiger partial charge in [0.2, 0.25) is 0 Å². The molecule has 0 radical (unpaired) electrons. The molecule has 2 N–H and O–H groups in total. The van der Waals surface area contributed by atoms with Gasteiger partial charge in [-0.25, -0.2) is 0 Å². The van der Waals surface area contributed by atoms with E-state index in [0.717, 1.165) is 25.0 Å². The molecule has 0 bridgehead atoms. The van der Waals surface area contributed by atoms with E-state index in [9.17, 15) is 18.0 Å². The fraction of sp³-hybridized carbons (Fsp3) is 0.462. The van der Waals surface area contributed by atoms with E-state index < -0.39 is 23.8 Å². The molecule has 0 aliphatic rings. The lowest BCUT2D eigenvalue weighted by molar-refractivity contribution is -0.139. The lowest BCUT2D eigenvalue weighted by atomic mass is 10.0. The predicted octanol–water partition coefficient (Wildman–Crippen LogP) is 3.22. The number of hydrogen-bond donors (Lipinski definition) is 2. The van der Waals surface area contributed by atoms with Gasteiger partial charge in [0.25, 0.3) is 0 Å². The van der Waals surface area contributed by atoms with Crippen molar-refractivity contribution in [2.24, 2.45) is 0 Å². The highest BCUT2D eigenvalue weighted by Crippen LogP contribution is 2.29. The highest BCUT2D eigenvalue weighted by atomic mass is 19.4. The monoisotopic (exact) mass is 275 g/mol. The van der Waals surface area contributed by atoms with Crippen molar-refractivity contribution in [3.63, 3.8) is 0 Å². The van der Waals surface area contributed by atoms with Crippen LogP contribution in [0.1, 0.15) is 36.9 Å². The number of carboxylic acid groups (broad SMARTS) is 1. The number of benzene rings is 1. The Morgan fingerprint density at radius 1 is 1.32 bits per heavy atom. The van der Waals surface area contributed by atoms with E-state index in [1.165, 1.54) is 12.1 Å². The zero-order valence-electron chi connectivity index (χ0n) is 10.5. The van der Waals surface area contributed by atoms with Gasteiger partial charge in [-0.1, -0.05) is 25.5 Å². The van der Waals surface area contributed by atoms with Gasteiger partial charge in [0, 0.05) is 0 Å². The third-order valence-electron chi connectivity index (χ3n) is 2.70. The smallest absolute Gasteiger partial charge is 0.416 e. The van der Waals surface area contributed by atoms with Crippen molar-refractivity contribution >= 4 is 5.97 Å². The van der Waals surface area contributed by atoms with E-state index in [1.807, 2.05) is 6.92 Å². The second-order valence-electron chi connectivity index (χ2n) is 4.20. The molecule has 1 rings (SSSR count). The highest BCUT2D eigenvalue weighted by Gasteiger charge is 2.30. The zero-order valence-corrected chi connectivity index (χ0v) is 10.5. The third kappa shape index (κ3) is 4.55. The quantitative estimate of drug-likeness (QED) is 0.784. The Balaban J connectivity index is 2.83. The standard InChI is InChI=1S/C13H16F3NO2/c1-2-3-8-17-11(12(18)19)9-4-6-10(7-5-9)13(14,15)16/h4-7,11,17H,2-3,8H2,1H3,(H,18,19). The van der Waals surface area contributed by atoms with E-state index in [2.05, 4.69) is 5.32 Å². The third-order valence-corrected chi connectivity index (χ3v) is 2.70. The molecule has 0 fully saturated rings. The maximum absolute atomic E-state index is 12.4. The minimum Gasteiger partial charge on any atom is -0.480 e. The van der Waals surface area contributed by atoms with Crippen molar-refractivity contribution in [2.75, 3.05) is 6.54 Å². The van der Waals surface area contributed by atoms with Gasteiger partial charge >= 0.3 is 12.1 Å². The van der Waals surface area contributed by atoms with Gasteiger partial charge in [0.15, 0.2) is 0 Å². The number of aliphatic carboxylic acids is 1. The van der Waals surface area contributed by atoms with Crippen molar-refractivity contribution in [1.82, 2.24) is 5.32 Å². The van der Waals surface area contributed by atoms with Crippen LogP contribution in [0.25, 0.3) is 0 Å². The Morgan fingerprint density at radius 3 is 2.32 bits per heavy atom. The molecule has 0 amide bonds. The Hall–Kier alpha value is -1.56. The number of alkyl halides is 3. The number of nitrogens with one attached hydrogen (secondary N) is 1. The highest BCUT2D eigenvalue weighted by molar-refractivity contribution is 5.75. The summed E-state index contributed by atoms with van der Waals surface area (Å²) in [4.78, 5) is 11.1. The predicted molar refractivity (Wildman–Crippen MR) is 64.7 cm³/mol. The van der Waals surface area contributed by atoms with Crippen LogP contribution in [0.5, 0.6) is 0 Å². The van der Waals surface area contributed by atoms with Gasteiger partial charge < -0.3 is 10.4 Å². The molecule has 0 aliphatic carbocycles. The fourth-order valence-electron chi connectivity index (χ4n) is 1.64. The Labute approximate surface area is 109 Å². The van der Waals surface area contributed by atoms with Gasteiger partial charge in [0.1, 0.15) is 6.04 Å². The Kier molecular flexibility index (Phi) is 5.35. The zero-order chi connectivity index (χ0) is 14.5. The maximum Gasteiger partial charge on any atom is 0.416 e. The number of carbonyl (C=O) groups is 1. The van der Waals surface area contributed by atoms with Crippen LogP contribution in [0.4, 0.5) is 13.2 Å². The Morgan fingerprint density at radius 2 is 1.89 bits per heavy atom. The van der Waals surface area contributed by atoms with E-state index in [0.29, 0.717) is 12.1 Å². The first-order chi connectivity index (χ1) is 8.86. The lowest BCUT2D eigenvalue weighted by Gasteiger charge is -2.15. The SMILES string of the molecule is CCCCNC(C(=O)O)c1ccc(C(F)(F)F)cc1. The molecule has 0 aliphatic heterocycles. The molecule has 0 aromatic heterocycles. The summed E-state index contributed by atoms with van der Waals surface area (Å²) >= 11 is 0. The van der Waals surface area contributed by atoms with Crippen LogP contribution >= 0.6 is 0 Å². The van der Waals surface area contributed by atoms with Crippen LogP contribution in [0.3, 0.4) is 0 Å². The number of hydrogen-bond acceptors (Lipinski definition) is 2. The van der Waals surface area contributed by atoms with Crippen LogP contribution in [-0.4, -0.2) is 17.6 Å². The summed E-state index contributed by atoms with van der Waals surface area (Å²) in [5.41, 5.74) is -0.467. The average molecular weight is 275 g/mol. The lowest BCUT2D eigenvalue weighted by Crippen LogP contribution is -2.29. The van der Waals surface area contributed by atoms with Crippen molar-refractivity contribution in [2.45, 2.75) is 32.0 Å². The van der Waals surface area contributed by atoms with E-state index in [1.54, 1.807) is 0 Å². The van der Waals surface area contributed by atoms with E-state index in [-0.39, 0.29) is 0 Å². The minimum atomic E-state index is -4.41. The molecule has 1 aromatic rings. The van der Waals surface area contributed by atoms with E-state index >= 15 is 0 Å².